The van der Waals surface area contributed by atoms with Gasteiger partial charge in [-0.3, -0.25) is 0 Å². The summed E-state index contributed by atoms with van der Waals surface area (Å²) in [4.78, 5) is 1.22. The molecule has 1 aliphatic rings. The van der Waals surface area contributed by atoms with E-state index in [4.69, 9.17) is 5.10 Å². The number of rotatable bonds is 2. The van der Waals surface area contributed by atoms with Crippen LogP contribution in [-0.4, -0.2) is 16.3 Å². The van der Waals surface area contributed by atoms with Crippen LogP contribution < -0.4 is 5.32 Å². The van der Waals surface area contributed by atoms with Crippen LogP contribution in [0.15, 0.2) is 34.1 Å². The number of aryl methyl sites for hydroxylation is 2. The largest absolute Gasteiger partial charge is 0.369 e. The quantitative estimate of drug-likeness (QED) is 0.688. The topological polar surface area (TPSA) is 29.9 Å². The molecule has 2 aromatic heterocycles. The van der Waals surface area contributed by atoms with Crippen LogP contribution in [0.3, 0.4) is 0 Å². The highest BCUT2D eigenvalue weighted by atomic mass is 79.9. The summed E-state index contributed by atoms with van der Waals surface area (Å²) in [5.41, 5.74) is 6.15. The molecule has 3 heterocycles. The van der Waals surface area contributed by atoms with E-state index in [1.165, 1.54) is 21.6 Å². The summed E-state index contributed by atoms with van der Waals surface area (Å²) in [5.74, 6) is 1.14. The molecule has 0 unspecified atom stereocenters. The van der Waals surface area contributed by atoms with Gasteiger partial charge in [-0.1, -0.05) is 6.07 Å². The van der Waals surface area contributed by atoms with Gasteiger partial charge in [0.15, 0.2) is 0 Å². The Morgan fingerprint density at radius 2 is 2.05 bits per heavy atom. The first-order chi connectivity index (χ1) is 10.6. The molecule has 0 aliphatic carbocycles. The van der Waals surface area contributed by atoms with E-state index in [9.17, 15) is 0 Å². The van der Waals surface area contributed by atoms with Crippen molar-refractivity contribution in [3.8, 4) is 16.3 Å². The lowest BCUT2D eigenvalue weighted by molar-refractivity contribution is 0.881. The Morgan fingerprint density at radius 3 is 2.77 bits per heavy atom. The van der Waals surface area contributed by atoms with E-state index in [1.54, 1.807) is 11.3 Å². The summed E-state index contributed by atoms with van der Waals surface area (Å²) >= 11 is 5.28. The molecule has 1 aliphatic heterocycles. The van der Waals surface area contributed by atoms with E-state index in [1.807, 2.05) is 0 Å². The standard InChI is InChI=1S/C17H16BrN3S/c1-10-3-4-12(9-11(10)2)21-17-13(7-8-19-17)16(20-21)14-5-6-15(18)22-14/h3-6,9,19H,7-8H2,1-2H3. The van der Waals surface area contributed by atoms with E-state index in [-0.39, 0.29) is 0 Å². The number of thiophene rings is 1. The second kappa shape index (κ2) is 5.25. The van der Waals surface area contributed by atoms with Gasteiger partial charge >= 0.3 is 0 Å². The normalized spacial score (nSPS) is 13.2. The van der Waals surface area contributed by atoms with Crippen molar-refractivity contribution in [3.63, 3.8) is 0 Å². The van der Waals surface area contributed by atoms with Gasteiger partial charge in [-0.2, -0.15) is 5.10 Å². The maximum atomic E-state index is 4.90. The second-order valence-corrected chi connectivity index (χ2v) is 8.10. The van der Waals surface area contributed by atoms with Crippen LogP contribution in [0.5, 0.6) is 0 Å². The molecular formula is C17H16BrN3S. The highest BCUT2D eigenvalue weighted by Crippen LogP contribution is 2.38. The molecule has 0 fully saturated rings. The third-order valence-electron chi connectivity index (χ3n) is 4.19. The minimum Gasteiger partial charge on any atom is -0.369 e. The summed E-state index contributed by atoms with van der Waals surface area (Å²) < 4.78 is 3.19. The van der Waals surface area contributed by atoms with E-state index in [2.05, 4.69) is 70.1 Å². The molecule has 0 saturated carbocycles. The number of halogens is 1. The maximum Gasteiger partial charge on any atom is 0.133 e. The van der Waals surface area contributed by atoms with Crippen molar-refractivity contribution in [2.75, 3.05) is 11.9 Å². The first kappa shape index (κ1) is 14.0. The Balaban J connectivity index is 1.89. The lowest BCUT2D eigenvalue weighted by atomic mass is 10.1. The first-order valence-electron chi connectivity index (χ1n) is 7.32. The predicted molar refractivity (Wildman–Crippen MR) is 96.2 cm³/mol. The fraction of sp³-hybridized carbons (Fsp3) is 0.235. The summed E-state index contributed by atoms with van der Waals surface area (Å²) in [7, 11) is 0. The third kappa shape index (κ3) is 2.20. The molecule has 1 aromatic carbocycles. The van der Waals surface area contributed by atoms with Gasteiger partial charge in [-0.15, -0.1) is 11.3 Å². The molecule has 4 rings (SSSR count). The predicted octanol–water partition coefficient (Wildman–Crippen LogP) is 4.95. The Hall–Kier alpha value is -1.59. The third-order valence-corrected chi connectivity index (χ3v) is 5.82. The lowest BCUT2D eigenvalue weighted by Gasteiger charge is -2.08. The monoisotopic (exact) mass is 373 g/mol. The molecule has 5 heteroatoms. The van der Waals surface area contributed by atoms with Gasteiger partial charge in [0, 0.05) is 12.1 Å². The summed E-state index contributed by atoms with van der Waals surface area (Å²) in [6, 6.07) is 10.7. The molecule has 0 radical (unpaired) electrons. The fourth-order valence-corrected chi connectivity index (χ4v) is 4.26. The van der Waals surface area contributed by atoms with Crippen LogP contribution in [0.4, 0.5) is 5.82 Å². The van der Waals surface area contributed by atoms with Gasteiger partial charge in [0.05, 0.1) is 14.4 Å². The van der Waals surface area contributed by atoms with E-state index in [0.29, 0.717) is 0 Å². The zero-order chi connectivity index (χ0) is 15.3. The lowest BCUT2D eigenvalue weighted by Crippen LogP contribution is -2.04. The van der Waals surface area contributed by atoms with Crippen LogP contribution in [0.25, 0.3) is 16.3 Å². The molecule has 0 atom stereocenters. The van der Waals surface area contributed by atoms with Crippen molar-refractivity contribution in [1.29, 1.82) is 0 Å². The molecule has 0 bridgehead atoms. The van der Waals surface area contributed by atoms with Crippen molar-refractivity contribution in [3.05, 3.63) is 50.8 Å². The molecule has 3 nitrogen and oxygen atoms in total. The summed E-state index contributed by atoms with van der Waals surface area (Å²) in [6.45, 7) is 5.27. The van der Waals surface area contributed by atoms with E-state index < -0.39 is 0 Å². The van der Waals surface area contributed by atoms with Crippen molar-refractivity contribution in [1.82, 2.24) is 9.78 Å². The zero-order valence-corrected chi connectivity index (χ0v) is 14.9. The average molecular weight is 374 g/mol. The highest BCUT2D eigenvalue weighted by molar-refractivity contribution is 9.11. The number of hydrogen-bond donors (Lipinski definition) is 1. The zero-order valence-electron chi connectivity index (χ0n) is 12.5. The molecule has 3 aromatic rings. The molecular weight excluding hydrogens is 358 g/mol. The van der Waals surface area contributed by atoms with Crippen molar-refractivity contribution < 1.29 is 0 Å². The molecule has 112 valence electrons. The van der Waals surface area contributed by atoms with E-state index >= 15 is 0 Å². The first-order valence-corrected chi connectivity index (χ1v) is 8.93. The van der Waals surface area contributed by atoms with Crippen LogP contribution in [0.1, 0.15) is 16.7 Å². The summed E-state index contributed by atoms with van der Waals surface area (Å²) in [6.07, 6.45) is 1.03. The van der Waals surface area contributed by atoms with Crippen molar-refractivity contribution in [2.24, 2.45) is 0 Å². The number of hydrogen-bond acceptors (Lipinski definition) is 3. The molecule has 0 saturated heterocycles. The van der Waals surface area contributed by atoms with Gasteiger partial charge in [-0.25, -0.2) is 4.68 Å². The molecule has 0 amide bonds. The smallest absolute Gasteiger partial charge is 0.133 e. The Kier molecular flexibility index (Phi) is 3.35. The van der Waals surface area contributed by atoms with Gasteiger partial charge in [0.1, 0.15) is 11.5 Å². The molecule has 0 spiro atoms. The second-order valence-electron chi connectivity index (χ2n) is 5.64. The van der Waals surface area contributed by atoms with Crippen LogP contribution in [-0.2, 0) is 6.42 Å². The minimum atomic E-state index is 0.984. The number of benzene rings is 1. The van der Waals surface area contributed by atoms with Crippen molar-refractivity contribution in [2.45, 2.75) is 20.3 Å². The maximum absolute atomic E-state index is 4.90. The number of fused-ring (bicyclic) bond motifs is 1. The Bertz CT molecular complexity index is 863. The average Bonchev–Trinajstić information content (AvgIpc) is 3.17. The van der Waals surface area contributed by atoms with Gasteiger partial charge in [0.25, 0.3) is 0 Å². The fourth-order valence-electron chi connectivity index (χ4n) is 2.86. The number of nitrogens with zero attached hydrogens (tertiary/aromatic N) is 2. The van der Waals surface area contributed by atoms with Crippen LogP contribution in [0, 0.1) is 13.8 Å². The number of aromatic nitrogens is 2. The van der Waals surface area contributed by atoms with Gasteiger partial charge in [0.2, 0.25) is 0 Å². The van der Waals surface area contributed by atoms with Crippen LogP contribution in [0.2, 0.25) is 0 Å². The molecule has 22 heavy (non-hydrogen) atoms. The van der Waals surface area contributed by atoms with Crippen LogP contribution >= 0.6 is 27.3 Å². The minimum absolute atomic E-state index is 0.984. The van der Waals surface area contributed by atoms with E-state index in [0.717, 1.165) is 34.0 Å². The number of nitrogens with one attached hydrogen (secondary N) is 1. The van der Waals surface area contributed by atoms with Crippen molar-refractivity contribution >= 4 is 33.1 Å². The Morgan fingerprint density at radius 1 is 1.18 bits per heavy atom. The SMILES string of the molecule is Cc1ccc(-n2nc(-c3ccc(Br)s3)c3c2NCC3)cc1C. The van der Waals surface area contributed by atoms with Gasteiger partial charge in [-0.05, 0) is 71.6 Å². The molecule has 1 N–H and O–H groups in total. The number of anilines is 1. The summed E-state index contributed by atoms with van der Waals surface area (Å²) in [5, 5.41) is 8.39. The highest BCUT2D eigenvalue weighted by Gasteiger charge is 2.24. The Labute approximate surface area is 142 Å². The van der Waals surface area contributed by atoms with Gasteiger partial charge < -0.3 is 5.32 Å².